The molecular weight excluding hydrogens is 284 g/mol. The summed E-state index contributed by atoms with van der Waals surface area (Å²) < 4.78 is 75.9. The molecule has 1 aliphatic rings. The third-order valence-electron chi connectivity index (χ3n) is 2.56. The number of nitrogens with zero attached hydrogens (tertiary/aromatic N) is 2. The van der Waals surface area contributed by atoms with Crippen molar-refractivity contribution < 1.29 is 26.3 Å². The van der Waals surface area contributed by atoms with E-state index in [2.05, 4.69) is 17.3 Å². The van der Waals surface area contributed by atoms with Crippen LogP contribution in [-0.4, -0.2) is 27.1 Å². The Labute approximate surface area is 102 Å². The maximum Gasteiger partial charge on any atom is 0.407 e. The van der Waals surface area contributed by atoms with Crippen LogP contribution in [0, 0.1) is 4.77 Å². The van der Waals surface area contributed by atoms with Crippen LogP contribution in [0.15, 0.2) is 0 Å². The normalized spacial score (nSPS) is 17.5. The molecule has 1 saturated carbocycles. The van der Waals surface area contributed by atoms with Gasteiger partial charge < -0.3 is 4.57 Å². The molecule has 0 saturated heterocycles. The predicted molar refractivity (Wildman–Crippen MR) is 50.5 cm³/mol. The first-order valence-electron chi connectivity index (χ1n) is 4.92. The third kappa shape index (κ3) is 2.38. The van der Waals surface area contributed by atoms with Crippen LogP contribution in [0.1, 0.15) is 30.6 Å². The Balaban J connectivity index is 2.53. The molecule has 18 heavy (non-hydrogen) atoms. The Morgan fingerprint density at radius 2 is 1.67 bits per heavy atom. The molecule has 10 heteroatoms. The van der Waals surface area contributed by atoms with Crippen LogP contribution in [0.3, 0.4) is 0 Å². The maximum absolute atomic E-state index is 12.6. The molecule has 0 unspecified atom stereocenters. The zero-order valence-electron chi connectivity index (χ0n) is 8.64. The number of halogens is 6. The number of aromatic nitrogens is 3. The smallest absolute Gasteiger partial charge is 0.300 e. The first-order chi connectivity index (χ1) is 8.12. The van der Waals surface area contributed by atoms with Crippen LogP contribution in [0.2, 0.25) is 0 Å². The van der Waals surface area contributed by atoms with E-state index in [1.807, 2.05) is 5.10 Å². The lowest BCUT2D eigenvalue weighted by atomic mass is 10.1. The topological polar surface area (TPSA) is 33.6 Å². The summed E-state index contributed by atoms with van der Waals surface area (Å²) >= 11 is 4.66. The van der Waals surface area contributed by atoms with Gasteiger partial charge in [0.25, 0.3) is 0 Å². The highest BCUT2D eigenvalue weighted by molar-refractivity contribution is 7.71. The maximum atomic E-state index is 12.6. The molecule has 1 aromatic rings. The van der Waals surface area contributed by atoms with Gasteiger partial charge in [-0.15, -0.1) is 0 Å². The number of alkyl halides is 6. The van der Waals surface area contributed by atoms with Gasteiger partial charge in [-0.1, -0.05) is 0 Å². The molecule has 0 aliphatic heterocycles. The minimum absolute atomic E-state index is 0.217. The minimum atomic E-state index is -5.45. The second-order valence-corrected chi connectivity index (χ2v) is 4.39. The highest BCUT2D eigenvalue weighted by atomic mass is 32.1. The van der Waals surface area contributed by atoms with Crippen molar-refractivity contribution in [1.82, 2.24) is 14.8 Å². The summed E-state index contributed by atoms with van der Waals surface area (Å²) in [5.74, 6) is -4.72. The van der Waals surface area contributed by atoms with Gasteiger partial charge in [-0.3, -0.25) is 5.10 Å². The minimum Gasteiger partial charge on any atom is -0.300 e. The molecule has 0 aromatic carbocycles. The van der Waals surface area contributed by atoms with Gasteiger partial charge in [0.05, 0.1) is 0 Å². The van der Waals surface area contributed by atoms with Crippen LogP contribution in [0.4, 0.5) is 26.3 Å². The van der Waals surface area contributed by atoms with Crippen molar-refractivity contribution in [3.05, 3.63) is 10.6 Å². The second kappa shape index (κ2) is 3.97. The predicted octanol–water partition coefficient (Wildman–Crippen LogP) is 3.48. The fourth-order valence-electron chi connectivity index (χ4n) is 1.68. The number of H-pyrrole nitrogens is 1. The molecular formula is C8H7F6N3S. The number of rotatable bonds is 2. The van der Waals surface area contributed by atoms with Gasteiger partial charge in [-0.05, 0) is 25.1 Å². The van der Waals surface area contributed by atoms with Gasteiger partial charge >= 0.3 is 12.4 Å². The van der Waals surface area contributed by atoms with E-state index in [-0.39, 0.29) is 4.77 Å². The average Bonchev–Trinajstić information content (AvgIpc) is 2.89. The van der Waals surface area contributed by atoms with E-state index in [1.165, 1.54) is 0 Å². The molecule has 0 spiro atoms. The standard InChI is InChI=1S/C8H7F6N3S/c9-7(10,11)4(8(12,13)14)5-15-16-6(18)17(5)3-1-2-3/h3-4H,1-2H2,(H,16,18). The molecule has 1 aromatic heterocycles. The zero-order valence-corrected chi connectivity index (χ0v) is 9.46. The van der Waals surface area contributed by atoms with Crippen molar-refractivity contribution in [2.75, 3.05) is 0 Å². The first-order valence-corrected chi connectivity index (χ1v) is 5.33. The molecule has 0 atom stereocenters. The fraction of sp³-hybridized carbons (Fsp3) is 0.750. The Kier molecular flexibility index (Phi) is 2.95. The monoisotopic (exact) mass is 291 g/mol. The lowest BCUT2D eigenvalue weighted by Crippen LogP contribution is -2.36. The number of aromatic amines is 1. The van der Waals surface area contributed by atoms with Crippen molar-refractivity contribution in [3.63, 3.8) is 0 Å². The van der Waals surface area contributed by atoms with E-state index in [1.54, 1.807) is 0 Å². The quantitative estimate of drug-likeness (QED) is 0.668. The van der Waals surface area contributed by atoms with Gasteiger partial charge in [0, 0.05) is 6.04 Å². The molecule has 1 aliphatic carbocycles. The molecule has 0 radical (unpaired) electrons. The molecule has 1 heterocycles. The van der Waals surface area contributed by atoms with Gasteiger partial charge in [0.15, 0.2) is 10.6 Å². The Morgan fingerprint density at radius 3 is 2.06 bits per heavy atom. The molecule has 1 fully saturated rings. The van der Waals surface area contributed by atoms with Crippen LogP contribution < -0.4 is 0 Å². The van der Waals surface area contributed by atoms with Gasteiger partial charge in [-0.2, -0.15) is 31.4 Å². The third-order valence-corrected chi connectivity index (χ3v) is 2.84. The molecule has 0 amide bonds. The molecule has 0 bridgehead atoms. The van der Waals surface area contributed by atoms with Crippen molar-refractivity contribution in [1.29, 1.82) is 0 Å². The van der Waals surface area contributed by atoms with Gasteiger partial charge in [0.2, 0.25) is 5.92 Å². The van der Waals surface area contributed by atoms with Crippen molar-refractivity contribution in [3.8, 4) is 0 Å². The fourth-order valence-corrected chi connectivity index (χ4v) is 1.97. The first kappa shape index (κ1) is 13.4. The zero-order chi connectivity index (χ0) is 13.7. The summed E-state index contributed by atoms with van der Waals surface area (Å²) in [4.78, 5) is 0. The van der Waals surface area contributed by atoms with E-state index < -0.39 is 30.1 Å². The van der Waals surface area contributed by atoms with E-state index >= 15 is 0 Å². The Bertz CT molecular complexity index is 480. The van der Waals surface area contributed by atoms with Crippen LogP contribution in [-0.2, 0) is 0 Å². The van der Waals surface area contributed by atoms with Crippen molar-refractivity contribution in [2.24, 2.45) is 0 Å². The van der Waals surface area contributed by atoms with Crippen LogP contribution >= 0.6 is 12.2 Å². The Hall–Kier alpha value is -1.06. The second-order valence-electron chi connectivity index (χ2n) is 4.00. The summed E-state index contributed by atoms with van der Waals surface area (Å²) in [6.45, 7) is 0. The van der Waals surface area contributed by atoms with Crippen LogP contribution in [0.5, 0.6) is 0 Å². The largest absolute Gasteiger partial charge is 0.407 e. The van der Waals surface area contributed by atoms with Crippen molar-refractivity contribution >= 4 is 12.2 Å². The van der Waals surface area contributed by atoms with E-state index in [9.17, 15) is 26.3 Å². The number of hydrogen-bond donors (Lipinski definition) is 1. The van der Waals surface area contributed by atoms with E-state index in [0.717, 1.165) is 4.57 Å². The lowest BCUT2D eigenvalue weighted by molar-refractivity contribution is -0.256. The van der Waals surface area contributed by atoms with Crippen LogP contribution in [0.25, 0.3) is 0 Å². The summed E-state index contributed by atoms with van der Waals surface area (Å²) in [5.41, 5.74) is 0. The highest BCUT2D eigenvalue weighted by Gasteiger charge is 2.60. The summed E-state index contributed by atoms with van der Waals surface area (Å²) in [6, 6.07) is -0.418. The molecule has 2 rings (SSSR count). The summed E-state index contributed by atoms with van der Waals surface area (Å²) in [6.07, 6.45) is -9.90. The SMILES string of the molecule is FC(F)(F)C(c1n[nH]c(=S)n1C1CC1)C(F)(F)F. The summed E-state index contributed by atoms with van der Waals surface area (Å²) in [7, 11) is 0. The summed E-state index contributed by atoms with van der Waals surface area (Å²) in [5, 5.41) is 5.12. The van der Waals surface area contributed by atoms with Gasteiger partial charge in [0.1, 0.15) is 0 Å². The number of hydrogen-bond acceptors (Lipinski definition) is 2. The number of nitrogens with one attached hydrogen (secondary N) is 1. The van der Waals surface area contributed by atoms with Gasteiger partial charge in [-0.25, -0.2) is 0 Å². The van der Waals surface area contributed by atoms with E-state index in [0.29, 0.717) is 12.8 Å². The molecule has 102 valence electrons. The Morgan fingerprint density at radius 1 is 1.17 bits per heavy atom. The molecule has 3 nitrogen and oxygen atoms in total. The van der Waals surface area contributed by atoms with Crippen molar-refractivity contribution in [2.45, 2.75) is 37.2 Å². The molecule has 1 N–H and O–H groups in total. The van der Waals surface area contributed by atoms with E-state index in [4.69, 9.17) is 0 Å². The lowest BCUT2D eigenvalue weighted by Gasteiger charge is -2.22. The highest BCUT2D eigenvalue weighted by Crippen LogP contribution is 2.48. The average molecular weight is 291 g/mol.